The van der Waals surface area contributed by atoms with Gasteiger partial charge in [0.15, 0.2) is 0 Å². The summed E-state index contributed by atoms with van der Waals surface area (Å²) in [5, 5.41) is 14.4. The van der Waals surface area contributed by atoms with E-state index in [1.807, 2.05) is 0 Å². The Kier molecular flexibility index (Phi) is 5.47. The smallest absolute Gasteiger partial charge is 0.0385 e. The van der Waals surface area contributed by atoms with Crippen molar-refractivity contribution >= 4 is 52.5 Å². The van der Waals surface area contributed by atoms with Gasteiger partial charge in [0.2, 0.25) is 0 Å². The van der Waals surface area contributed by atoms with Crippen molar-refractivity contribution in [3.8, 4) is 38.6 Å². The number of hydrogen-bond donors (Lipinski definition) is 0. The van der Waals surface area contributed by atoms with E-state index < -0.39 is 9.44 Å². The number of benzene rings is 8. The quantitative estimate of drug-likeness (QED) is 0.179. The highest BCUT2D eigenvalue weighted by molar-refractivity contribution is 8.23. The zero-order valence-electron chi connectivity index (χ0n) is 24.8. The molecule has 9 rings (SSSR count). The standard InChI is InChI=1S/C43H30S/c1-44(2)27-39-34(38-25-31-16-8-9-17-32(31)26-40(38)44)22-23-37-41(33-21-20-28-12-6-7-15-30(28)24-33)35-18-10-11-19-36(35)42(43(37)39)29-13-4-3-5-14-29/h3-26H,1-2H3. The monoisotopic (exact) mass is 578 g/mol. The second-order valence-electron chi connectivity index (χ2n) is 12.3. The van der Waals surface area contributed by atoms with E-state index in [1.54, 1.807) is 0 Å². The molecule has 0 atom stereocenters. The van der Waals surface area contributed by atoms with Crippen LogP contribution in [0, 0.1) is 5.18 Å². The van der Waals surface area contributed by atoms with Crippen LogP contribution in [0.5, 0.6) is 0 Å². The van der Waals surface area contributed by atoms with Crippen LogP contribution in [-0.2, 0) is 0 Å². The molecule has 0 N–H and O–H groups in total. The van der Waals surface area contributed by atoms with Gasteiger partial charge in [-0.15, -0.1) is 0 Å². The number of hydrogen-bond acceptors (Lipinski definition) is 0. The van der Waals surface area contributed by atoms with E-state index in [0.29, 0.717) is 0 Å². The molecule has 0 aromatic heterocycles. The summed E-state index contributed by atoms with van der Waals surface area (Å²) in [5.74, 6) is 0. The molecule has 44 heavy (non-hydrogen) atoms. The summed E-state index contributed by atoms with van der Waals surface area (Å²) in [4.78, 5) is 1.42. The minimum Gasteiger partial charge on any atom is -0.162 e. The van der Waals surface area contributed by atoms with Gasteiger partial charge in [-0.2, -0.15) is 9.44 Å². The molecule has 8 aromatic rings. The Hall–Kier alpha value is -5.07. The highest BCUT2D eigenvalue weighted by Crippen LogP contribution is 2.53. The first-order chi connectivity index (χ1) is 21.6. The summed E-state index contributed by atoms with van der Waals surface area (Å²) in [6.07, 6.45) is 4.80. The third-order valence-corrected chi connectivity index (χ3v) is 11.5. The van der Waals surface area contributed by atoms with Gasteiger partial charge in [-0.05, 0) is 102 Å². The van der Waals surface area contributed by atoms with Crippen LogP contribution >= 0.6 is 9.44 Å². The van der Waals surface area contributed by atoms with Gasteiger partial charge in [-0.1, -0.05) is 133 Å². The summed E-state index contributed by atoms with van der Waals surface area (Å²) in [7, 11) is -1.35. The lowest BCUT2D eigenvalue weighted by molar-refractivity contribution is 1.46. The van der Waals surface area contributed by atoms with Crippen LogP contribution < -0.4 is 0 Å². The van der Waals surface area contributed by atoms with Gasteiger partial charge in [0.25, 0.3) is 0 Å². The Labute approximate surface area is 258 Å². The zero-order valence-corrected chi connectivity index (χ0v) is 25.6. The summed E-state index contributed by atoms with van der Waals surface area (Å²) < 4.78 is 0. The third-order valence-electron chi connectivity index (χ3n) is 9.34. The molecule has 1 aliphatic heterocycles. The molecule has 0 saturated carbocycles. The molecular formula is C43H30S. The van der Waals surface area contributed by atoms with E-state index in [9.17, 15) is 0 Å². The van der Waals surface area contributed by atoms with Gasteiger partial charge in [0.1, 0.15) is 0 Å². The fourth-order valence-electron chi connectivity index (χ4n) is 7.32. The molecule has 1 heteroatoms. The minimum atomic E-state index is -1.35. The Morgan fingerprint density at radius 2 is 1.05 bits per heavy atom. The molecule has 1 aliphatic rings. The third kappa shape index (κ3) is 3.74. The van der Waals surface area contributed by atoms with Crippen molar-refractivity contribution in [2.45, 2.75) is 4.90 Å². The van der Waals surface area contributed by atoms with Gasteiger partial charge >= 0.3 is 0 Å². The van der Waals surface area contributed by atoms with E-state index in [1.165, 1.54) is 86.9 Å². The van der Waals surface area contributed by atoms with Crippen LogP contribution in [0.1, 0.15) is 5.56 Å². The van der Waals surface area contributed by atoms with E-state index in [4.69, 9.17) is 0 Å². The summed E-state index contributed by atoms with van der Waals surface area (Å²) in [6.45, 7) is 0. The molecule has 0 radical (unpaired) electrons. The maximum Gasteiger partial charge on any atom is 0.0385 e. The predicted octanol–water partition coefficient (Wildman–Crippen LogP) is 12.0. The Morgan fingerprint density at radius 1 is 0.432 bits per heavy atom. The topological polar surface area (TPSA) is 0 Å². The van der Waals surface area contributed by atoms with E-state index in [-0.39, 0.29) is 0 Å². The highest BCUT2D eigenvalue weighted by Gasteiger charge is 2.25. The predicted molar refractivity (Wildman–Crippen MR) is 193 cm³/mol. The van der Waals surface area contributed by atoms with Gasteiger partial charge in [-0.3, -0.25) is 0 Å². The summed E-state index contributed by atoms with van der Waals surface area (Å²) in [6, 6.07) is 53.8. The number of fused-ring (bicyclic) bond motifs is 8. The van der Waals surface area contributed by atoms with Gasteiger partial charge < -0.3 is 0 Å². The molecular weight excluding hydrogens is 549 g/mol. The summed E-state index contributed by atoms with van der Waals surface area (Å²) >= 11 is 0. The Morgan fingerprint density at radius 3 is 1.80 bits per heavy atom. The lowest BCUT2D eigenvalue weighted by Gasteiger charge is -2.28. The van der Waals surface area contributed by atoms with Crippen molar-refractivity contribution in [3.05, 3.63) is 151 Å². The van der Waals surface area contributed by atoms with Gasteiger partial charge in [0.05, 0.1) is 0 Å². The Bertz CT molecular complexity index is 2600. The minimum absolute atomic E-state index is 1.24. The molecule has 0 fully saturated rings. The largest absolute Gasteiger partial charge is 0.162 e. The van der Waals surface area contributed by atoms with E-state index in [0.717, 1.165) is 0 Å². The first kappa shape index (κ1) is 25.4. The first-order valence-electron chi connectivity index (χ1n) is 15.2. The molecule has 0 amide bonds. The van der Waals surface area contributed by atoms with Crippen LogP contribution in [0.2, 0.25) is 0 Å². The van der Waals surface area contributed by atoms with E-state index >= 15 is 0 Å². The fraction of sp³-hybridized carbons (Fsp3) is 0.0465. The normalized spacial score (nSPS) is 13.4. The fourth-order valence-corrected chi connectivity index (χ4v) is 9.30. The summed E-state index contributed by atoms with van der Waals surface area (Å²) in [5.41, 5.74) is 8.95. The molecule has 208 valence electrons. The van der Waals surface area contributed by atoms with Crippen molar-refractivity contribution < 1.29 is 0 Å². The molecule has 0 nitrogen and oxygen atoms in total. The van der Waals surface area contributed by atoms with Crippen LogP contribution in [0.25, 0.3) is 76.5 Å². The second-order valence-corrected chi connectivity index (χ2v) is 15.6. The van der Waals surface area contributed by atoms with Gasteiger partial charge in [-0.25, -0.2) is 0 Å². The van der Waals surface area contributed by atoms with Crippen molar-refractivity contribution in [1.82, 2.24) is 0 Å². The maximum absolute atomic E-state index is 4.17. The lowest BCUT2D eigenvalue weighted by Crippen LogP contribution is -2.01. The van der Waals surface area contributed by atoms with Gasteiger partial charge in [0, 0.05) is 15.8 Å². The lowest BCUT2D eigenvalue weighted by atomic mass is 9.82. The SMILES string of the molecule is CS1(C)#Cc2c(ccc3c(-c4ccc5ccccc5c4)c4ccccc4c(-c4ccccc4)c23)-c2cc3ccccc3cc21. The van der Waals surface area contributed by atoms with Crippen molar-refractivity contribution in [2.24, 2.45) is 0 Å². The van der Waals surface area contributed by atoms with E-state index in [2.05, 4.69) is 163 Å². The van der Waals surface area contributed by atoms with Crippen molar-refractivity contribution in [2.75, 3.05) is 12.5 Å². The molecule has 0 spiro atoms. The van der Waals surface area contributed by atoms with Crippen molar-refractivity contribution in [1.29, 1.82) is 0 Å². The molecule has 0 aliphatic carbocycles. The van der Waals surface area contributed by atoms with Crippen LogP contribution in [0.3, 0.4) is 0 Å². The van der Waals surface area contributed by atoms with Crippen LogP contribution in [-0.4, -0.2) is 12.5 Å². The number of rotatable bonds is 2. The molecule has 0 saturated heterocycles. The molecule has 8 aromatic carbocycles. The van der Waals surface area contributed by atoms with Crippen molar-refractivity contribution in [3.63, 3.8) is 0 Å². The molecule has 0 bridgehead atoms. The average molecular weight is 579 g/mol. The maximum atomic E-state index is 4.17. The van der Waals surface area contributed by atoms with Crippen LogP contribution in [0.15, 0.2) is 150 Å². The van der Waals surface area contributed by atoms with Crippen LogP contribution in [0.4, 0.5) is 0 Å². The first-order valence-corrected chi connectivity index (χ1v) is 17.6. The second kappa shape index (κ2) is 9.46. The average Bonchev–Trinajstić information content (AvgIpc) is 3.06. The highest BCUT2D eigenvalue weighted by atomic mass is 32.2. The molecule has 1 heterocycles. The molecule has 0 unspecified atom stereocenters. The zero-order chi connectivity index (χ0) is 29.4. The Balaban J connectivity index is 1.49.